The fourth-order valence-corrected chi connectivity index (χ4v) is 3.30. The van der Waals surface area contributed by atoms with Crippen LogP contribution < -0.4 is 15.9 Å². The van der Waals surface area contributed by atoms with Gasteiger partial charge in [-0.2, -0.15) is 5.10 Å². The summed E-state index contributed by atoms with van der Waals surface area (Å²) in [5, 5.41) is 12.0. The second-order valence-corrected chi connectivity index (χ2v) is 8.00. The summed E-state index contributed by atoms with van der Waals surface area (Å²) in [6.07, 6.45) is 0.454. The van der Waals surface area contributed by atoms with Crippen molar-refractivity contribution in [3.05, 3.63) is 87.8 Å². The first-order valence-electron chi connectivity index (χ1n) is 8.82. The van der Waals surface area contributed by atoms with Crippen molar-refractivity contribution in [3.63, 3.8) is 0 Å². The Bertz CT molecular complexity index is 1190. The highest BCUT2D eigenvalue weighted by Crippen LogP contribution is 2.10. The van der Waals surface area contributed by atoms with E-state index in [2.05, 4.69) is 10.4 Å². The van der Waals surface area contributed by atoms with Gasteiger partial charge in [0.25, 0.3) is 5.91 Å². The number of nitrogens with one attached hydrogen (secondary N) is 1. The van der Waals surface area contributed by atoms with Gasteiger partial charge < -0.3 is 5.32 Å². The van der Waals surface area contributed by atoms with Gasteiger partial charge in [0.2, 0.25) is 15.5 Å². The van der Waals surface area contributed by atoms with E-state index >= 15 is 0 Å². The van der Waals surface area contributed by atoms with Crippen molar-refractivity contribution in [2.75, 3.05) is 6.54 Å². The molecule has 2 aromatic carbocycles. The number of benzene rings is 2. The van der Waals surface area contributed by atoms with Crippen LogP contribution in [0, 0.1) is 6.92 Å². The zero-order valence-corrected chi connectivity index (χ0v) is 16.5. The molecule has 150 valence electrons. The number of carbonyl (C=O) groups excluding carboxylic acids is 1. The van der Waals surface area contributed by atoms with E-state index in [1.54, 1.807) is 23.7 Å². The lowest BCUT2D eigenvalue weighted by molar-refractivity contribution is 0.0946. The summed E-state index contributed by atoms with van der Waals surface area (Å²) in [7, 11) is -3.74. The fraction of sp³-hybridized carbons (Fsp3) is 0.150. The maximum Gasteiger partial charge on any atom is 0.275 e. The Balaban J connectivity index is 1.70. The summed E-state index contributed by atoms with van der Waals surface area (Å²) in [6.45, 7) is 2.00. The zero-order valence-electron chi connectivity index (χ0n) is 15.7. The number of nitrogens with two attached hydrogens (primary N) is 1. The molecule has 0 radical (unpaired) electrons. The van der Waals surface area contributed by atoms with E-state index in [0.717, 1.165) is 11.3 Å². The molecule has 0 fully saturated rings. The number of aryl methyl sites for hydroxylation is 1. The molecule has 0 bridgehead atoms. The number of carbonyl (C=O) groups is 1. The topological polar surface area (TPSA) is 124 Å². The minimum absolute atomic E-state index is 0.0237. The van der Waals surface area contributed by atoms with Crippen LogP contribution in [-0.4, -0.2) is 30.7 Å². The van der Waals surface area contributed by atoms with Crippen LogP contribution >= 0.6 is 0 Å². The summed E-state index contributed by atoms with van der Waals surface area (Å²) in [4.78, 5) is 24.7. The summed E-state index contributed by atoms with van der Waals surface area (Å²) in [5.41, 5.74) is 1.53. The van der Waals surface area contributed by atoms with Gasteiger partial charge in [0.15, 0.2) is 5.69 Å². The van der Waals surface area contributed by atoms with Crippen molar-refractivity contribution in [1.82, 2.24) is 15.1 Å². The number of hydrogen-bond donors (Lipinski definition) is 2. The van der Waals surface area contributed by atoms with Gasteiger partial charge in [0.1, 0.15) is 0 Å². The van der Waals surface area contributed by atoms with E-state index in [9.17, 15) is 18.0 Å². The molecule has 8 nitrogen and oxygen atoms in total. The van der Waals surface area contributed by atoms with Crippen LogP contribution in [0.2, 0.25) is 0 Å². The highest BCUT2D eigenvalue weighted by Gasteiger charge is 2.15. The minimum Gasteiger partial charge on any atom is -0.350 e. The summed E-state index contributed by atoms with van der Waals surface area (Å²) >= 11 is 0. The van der Waals surface area contributed by atoms with Gasteiger partial charge in [-0.15, -0.1) is 0 Å². The lowest BCUT2D eigenvalue weighted by Crippen LogP contribution is -2.33. The molecule has 0 saturated heterocycles. The lowest BCUT2D eigenvalue weighted by atomic mass is 10.1. The van der Waals surface area contributed by atoms with Crippen molar-refractivity contribution in [2.24, 2.45) is 5.14 Å². The first-order valence-corrected chi connectivity index (χ1v) is 10.4. The van der Waals surface area contributed by atoms with Gasteiger partial charge in [-0.25, -0.2) is 18.2 Å². The number of amides is 1. The van der Waals surface area contributed by atoms with E-state index in [0.29, 0.717) is 12.1 Å². The molecule has 0 aliphatic carbocycles. The molecule has 0 atom stereocenters. The first kappa shape index (κ1) is 20.4. The average Bonchev–Trinajstić information content (AvgIpc) is 2.68. The molecule has 0 unspecified atom stereocenters. The van der Waals surface area contributed by atoms with Crippen molar-refractivity contribution in [1.29, 1.82) is 0 Å². The Labute approximate surface area is 168 Å². The number of sulfonamides is 1. The normalized spacial score (nSPS) is 11.2. The molecule has 1 heterocycles. The molecule has 3 aromatic rings. The Hall–Kier alpha value is -3.30. The lowest BCUT2D eigenvalue weighted by Gasteiger charge is -2.11. The Morgan fingerprint density at radius 2 is 1.76 bits per heavy atom. The van der Waals surface area contributed by atoms with Crippen LogP contribution in [0.1, 0.15) is 21.7 Å². The molecule has 0 saturated carbocycles. The largest absolute Gasteiger partial charge is 0.350 e. The van der Waals surface area contributed by atoms with Crippen LogP contribution in [0.25, 0.3) is 5.69 Å². The Morgan fingerprint density at radius 1 is 1.10 bits per heavy atom. The zero-order chi connectivity index (χ0) is 21.0. The van der Waals surface area contributed by atoms with Gasteiger partial charge in [0.05, 0.1) is 10.6 Å². The number of primary sulfonamides is 1. The monoisotopic (exact) mass is 412 g/mol. The number of rotatable bonds is 6. The highest BCUT2D eigenvalue weighted by atomic mass is 32.2. The third-order valence-corrected chi connectivity index (χ3v) is 5.20. The molecule has 3 rings (SSSR count). The Kier molecular flexibility index (Phi) is 5.90. The van der Waals surface area contributed by atoms with Crippen LogP contribution in [0.3, 0.4) is 0 Å². The highest BCUT2D eigenvalue weighted by molar-refractivity contribution is 7.89. The van der Waals surface area contributed by atoms with Crippen LogP contribution in [0.5, 0.6) is 0 Å². The molecule has 0 aliphatic heterocycles. The molecule has 3 N–H and O–H groups in total. The molecule has 1 aromatic heterocycles. The van der Waals surface area contributed by atoms with Crippen molar-refractivity contribution in [3.8, 4) is 5.69 Å². The van der Waals surface area contributed by atoms with Crippen LogP contribution in [0.4, 0.5) is 0 Å². The van der Waals surface area contributed by atoms with Crippen molar-refractivity contribution >= 4 is 15.9 Å². The number of nitrogens with zero attached hydrogens (tertiary/aromatic N) is 2. The van der Waals surface area contributed by atoms with E-state index < -0.39 is 21.4 Å². The van der Waals surface area contributed by atoms with E-state index in [4.69, 9.17) is 5.14 Å². The molecule has 0 aliphatic rings. The number of para-hydroxylation sites is 1. The maximum atomic E-state index is 12.5. The molecular weight excluding hydrogens is 392 g/mol. The smallest absolute Gasteiger partial charge is 0.275 e. The standard InChI is InChI=1S/C20H20N4O4S/c1-14-13-18(25)19(23-24(14)16-5-3-2-4-6-16)20(26)22-12-11-15-7-9-17(10-8-15)29(21,27)28/h2-10,13H,11-12H2,1H3,(H,22,26)(H2,21,27,28). The second-order valence-electron chi connectivity index (χ2n) is 6.44. The van der Waals surface area contributed by atoms with Gasteiger partial charge in [-0.05, 0) is 43.2 Å². The minimum atomic E-state index is -3.74. The first-order chi connectivity index (χ1) is 13.8. The predicted octanol–water partition coefficient (Wildman–Crippen LogP) is 1.16. The summed E-state index contributed by atoms with van der Waals surface area (Å²) in [6, 6.07) is 16.7. The number of aromatic nitrogens is 2. The molecule has 9 heteroatoms. The predicted molar refractivity (Wildman–Crippen MR) is 108 cm³/mol. The molecule has 1 amide bonds. The second kappa shape index (κ2) is 8.38. The summed E-state index contributed by atoms with van der Waals surface area (Å²) in [5.74, 6) is -0.569. The van der Waals surface area contributed by atoms with E-state index in [-0.39, 0.29) is 17.1 Å². The third kappa shape index (κ3) is 4.95. The molecule has 29 heavy (non-hydrogen) atoms. The quantitative estimate of drug-likeness (QED) is 0.629. The van der Waals surface area contributed by atoms with Gasteiger partial charge in [0, 0.05) is 18.3 Å². The summed E-state index contributed by atoms with van der Waals surface area (Å²) < 4.78 is 24.1. The number of hydrogen-bond acceptors (Lipinski definition) is 5. The molecule has 0 spiro atoms. The van der Waals surface area contributed by atoms with Gasteiger partial charge in [-0.1, -0.05) is 30.3 Å². The van der Waals surface area contributed by atoms with Gasteiger partial charge >= 0.3 is 0 Å². The van der Waals surface area contributed by atoms with E-state index in [1.807, 2.05) is 30.3 Å². The van der Waals surface area contributed by atoms with Crippen LogP contribution in [0.15, 0.2) is 70.4 Å². The van der Waals surface area contributed by atoms with Crippen molar-refractivity contribution < 1.29 is 13.2 Å². The third-order valence-electron chi connectivity index (χ3n) is 4.27. The van der Waals surface area contributed by atoms with E-state index in [1.165, 1.54) is 18.2 Å². The Morgan fingerprint density at radius 3 is 2.38 bits per heavy atom. The molecular formula is C20H20N4O4S. The fourth-order valence-electron chi connectivity index (χ4n) is 2.79. The SMILES string of the molecule is Cc1cc(=O)c(C(=O)NCCc2ccc(S(N)(=O)=O)cc2)nn1-c1ccccc1. The van der Waals surface area contributed by atoms with Gasteiger partial charge in [-0.3, -0.25) is 9.59 Å². The maximum absolute atomic E-state index is 12.5. The van der Waals surface area contributed by atoms with Crippen molar-refractivity contribution in [2.45, 2.75) is 18.2 Å². The van der Waals surface area contributed by atoms with Crippen LogP contribution in [-0.2, 0) is 16.4 Å². The average molecular weight is 412 g/mol.